The summed E-state index contributed by atoms with van der Waals surface area (Å²) >= 11 is 5.73. The highest BCUT2D eigenvalue weighted by molar-refractivity contribution is 6.31. The number of nitrogens with zero attached hydrogens (tertiary/aromatic N) is 2. The van der Waals surface area contributed by atoms with Crippen LogP contribution in [-0.4, -0.2) is 35.0 Å². The number of carbonyl (C=O) groups excluding carboxylic acids is 1. The van der Waals surface area contributed by atoms with Crippen LogP contribution >= 0.6 is 11.6 Å². The van der Waals surface area contributed by atoms with E-state index in [1.54, 1.807) is 0 Å². The fourth-order valence-corrected chi connectivity index (χ4v) is 2.13. The molecule has 0 bridgehead atoms. The maximum atomic E-state index is 12.0. The molecule has 1 aromatic heterocycles. The smallest absolute Gasteiger partial charge is 0.273 e. The second kappa shape index (κ2) is 6.03. The predicted molar refractivity (Wildman–Crippen MR) is 73.8 cm³/mol. The van der Waals surface area contributed by atoms with Gasteiger partial charge in [-0.1, -0.05) is 18.0 Å². The summed E-state index contributed by atoms with van der Waals surface area (Å²) in [5.41, 5.74) is 11.1. The maximum absolute atomic E-state index is 12.0. The molecule has 0 spiro atoms. The summed E-state index contributed by atoms with van der Waals surface area (Å²) in [5, 5.41) is 6.09. The highest BCUT2D eigenvalue weighted by Crippen LogP contribution is 2.17. The van der Waals surface area contributed by atoms with Crippen molar-refractivity contribution in [1.29, 1.82) is 0 Å². The number of halogens is 1. The van der Waals surface area contributed by atoms with E-state index in [4.69, 9.17) is 23.1 Å². The lowest BCUT2D eigenvalue weighted by Gasteiger charge is -2.23. The van der Waals surface area contributed by atoms with E-state index in [9.17, 15) is 4.79 Å². The number of hydrogen-bond donors (Lipinski definition) is 4. The van der Waals surface area contributed by atoms with Gasteiger partial charge in [0, 0.05) is 12.6 Å². The number of nitrogens with two attached hydrogens (primary N) is 2. The van der Waals surface area contributed by atoms with Gasteiger partial charge in [-0.2, -0.15) is 0 Å². The number of piperidine rings is 1. The van der Waals surface area contributed by atoms with E-state index in [0.29, 0.717) is 6.54 Å². The van der Waals surface area contributed by atoms with Crippen molar-refractivity contribution in [2.75, 3.05) is 24.6 Å². The molecule has 1 aromatic rings. The molecule has 1 fully saturated rings. The molecule has 6 N–H and O–H groups in total. The van der Waals surface area contributed by atoms with E-state index in [-0.39, 0.29) is 34.4 Å². The van der Waals surface area contributed by atoms with Crippen LogP contribution in [0.2, 0.25) is 5.15 Å². The molecule has 0 unspecified atom stereocenters. The molecule has 1 aliphatic rings. The van der Waals surface area contributed by atoms with Crippen molar-refractivity contribution in [3.05, 3.63) is 10.8 Å². The summed E-state index contributed by atoms with van der Waals surface area (Å²) in [6.45, 7) is 1.51. The van der Waals surface area contributed by atoms with E-state index >= 15 is 0 Å². The Morgan fingerprint density at radius 2 is 2.16 bits per heavy atom. The predicted octanol–water partition coefficient (Wildman–Crippen LogP) is 0.166. The third-order valence-corrected chi connectivity index (χ3v) is 3.32. The van der Waals surface area contributed by atoms with Crippen molar-refractivity contribution in [3.8, 4) is 0 Å². The molecule has 0 aromatic carbocycles. The highest BCUT2D eigenvalue weighted by atomic mass is 35.5. The number of aromatic nitrogens is 2. The van der Waals surface area contributed by atoms with Crippen LogP contribution in [0, 0.1) is 0 Å². The Labute approximate surface area is 116 Å². The van der Waals surface area contributed by atoms with Crippen LogP contribution in [0.15, 0.2) is 0 Å². The van der Waals surface area contributed by atoms with E-state index in [1.165, 1.54) is 12.8 Å². The summed E-state index contributed by atoms with van der Waals surface area (Å²) in [6, 6.07) is 0.288. The molecule has 1 aliphatic heterocycles. The van der Waals surface area contributed by atoms with Gasteiger partial charge >= 0.3 is 0 Å². The fourth-order valence-electron chi connectivity index (χ4n) is 2.01. The van der Waals surface area contributed by atoms with Gasteiger partial charge in [0.15, 0.2) is 22.5 Å². The summed E-state index contributed by atoms with van der Waals surface area (Å²) in [7, 11) is 0. The minimum absolute atomic E-state index is 0.00927. The van der Waals surface area contributed by atoms with Crippen molar-refractivity contribution in [3.63, 3.8) is 0 Å². The van der Waals surface area contributed by atoms with Gasteiger partial charge in [0.1, 0.15) is 0 Å². The Hall–Kier alpha value is -1.60. The van der Waals surface area contributed by atoms with Gasteiger partial charge in [-0.25, -0.2) is 9.97 Å². The monoisotopic (exact) mass is 284 g/mol. The van der Waals surface area contributed by atoms with Crippen LogP contribution in [0.3, 0.4) is 0 Å². The molecule has 8 heteroatoms. The van der Waals surface area contributed by atoms with E-state index in [1.807, 2.05) is 0 Å². The van der Waals surface area contributed by atoms with Crippen LogP contribution in [0.1, 0.15) is 29.8 Å². The molecule has 104 valence electrons. The summed E-state index contributed by atoms with van der Waals surface area (Å²) in [5.74, 6) is -0.389. The molecule has 1 saturated heterocycles. The Balaban J connectivity index is 1.97. The molecule has 2 rings (SSSR count). The van der Waals surface area contributed by atoms with Crippen molar-refractivity contribution in [1.82, 2.24) is 20.6 Å². The number of hydrogen-bond acceptors (Lipinski definition) is 6. The first kappa shape index (κ1) is 13.8. The quantitative estimate of drug-likeness (QED) is 0.628. The first-order valence-corrected chi connectivity index (χ1v) is 6.56. The highest BCUT2D eigenvalue weighted by Gasteiger charge is 2.18. The normalized spacial score (nSPS) is 19.1. The van der Waals surface area contributed by atoms with Gasteiger partial charge in [0.2, 0.25) is 0 Å². The summed E-state index contributed by atoms with van der Waals surface area (Å²) in [6.07, 6.45) is 3.39. The number of nitrogen functional groups attached to an aromatic ring is 2. The first-order chi connectivity index (χ1) is 9.08. The minimum Gasteiger partial charge on any atom is -0.382 e. The van der Waals surface area contributed by atoms with Crippen LogP contribution in [-0.2, 0) is 0 Å². The summed E-state index contributed by atoms with van der Waals surface area (Å²) in [4.78, 5) is 19.6. The van der Waals surface area contributed by atoms with Gasteiger partial charge in [-0.05, 0) is 19.4 Å². The number of carbonyl (C=O) groups is 1. The van der Waals surface area contributed by atoms with Gasteiger partial charge in [-0.15, -0.1) is 0 Å². The third kappa shape index (κ3) is 3.45. The van der Waals surface area contributed by atoms with E-state index < -0.39 is 0 Å². The molecular formula is C11H17ClN6O. The number of rotatable bonds is 3. The zero-order valence-electron chi connectivity index (χ0n) is 10.4. The molecule has 1 amide bonds. The maximum Gasteiger partial charge on any atom is 0.273 e. The van der Waals surface area contributed by atoms with Crippen LogP contribution in [0.4, 0.5) is 11.6 Å². The topological polar surface area (TPSA) is 119 Å². The lowest BCUT2D eigenvalue weighted by atomic mass is 10.1. The Morgan fingerprint density at radius 1 is 1.37 bits per heavy atom. The minimum atomic E-state index is -0.390. The summed E-state index contributed by atoms with van der Waals surface area (Å²) < 4.78 is 0. The molecule has 2 heterocycles. The first-order valence-electron chi connectivity index (χ1n) is 6.18. The number of nitrogens with one attached hydrogen (secondary N) is 2. The molecule has 0 radical (unpaired) electrons. The van der Waals surface area contributed by atoms with Crippen LogP contribution in [0.25, 0.3) is 0 Å². The van der Waals surface area contributed by atoms with Crippen LogP contribution < -0.4 is 22.1 Å². The molecule has 7 nitrogen and oxygen atoms in total. The largest absolute Gasteiger partial charge is 0.382 e. The average Bonchev–Trinajstić information content (AvgIpc) is 2.41. The Kier molecular flexibility index (Phi) is 4.39. The van der Waals surface area contributed by atoms with Gasteiger partial charge in [0.25, 0.3) is 5.91 Å². The number of anilines is 2. The Morgan fingerprint density at radius 3 is 2.84 bits per heavy atom. The molecular weight excluding hydrogens is 268 g/mol. The molecule has 0 aliphatic carbocycles. The van der Waals surface area contributed by atoms with Gasteiger partial charge in [0.05, 0.1) is 0 Å². The van der Waals surface area contributed by atoms with Crippen molar-refractivity contribution < 1.29 is 4.79 Å². The molecule has 1 atom stereocenters. The SMILES string of the molecule is Nc1nc(N)c(C(=O)NC[C@H]2CCCCN2)nc1Cl. The number of amides is 1. The van der Waals surface area contributed by atoms with Gasteiger partial charge in [-0.3, -0.25) is 4.79 Å². The average molecular weight is 285 g/mol. The van der Waals surface area contributed by atoms with Crippen LogP contribution in [0.5, 0.6) is 0 Å². The van der Waals surface area contributed by atoms with Crippen molar-refractivity contribution in [2.45, 2.75) is 25.3 Å². The van der Waals surface area contributed by atoms with E-state index in [2.05, 4.69) is 20.6 Å². The lowest BCUT2D eigenvalue weighted by Crippen LogP contribution is -2.43. The standard InChI is InChI=1S/C11H17ClN6O/c12-8-10(14)18-9(13)7(17-8)11(19)16-5-6-3-1-2-4-15-6/h6,15H,1-5H2,(H,16,19)(H4,13,14,18)/t6-/m1/s1. The molecule has 19 heavy (non-hydrogen) atoms. The fraction of sp³-hybridized carbons (Fsp3) is 0.545. The van der Waals surface area contributed by atoms with Gasteiger partial charge < -0.3 is 22.1 Å². The third-order valence-electron chi connectivity index (χ3n) is 3.04. The zero-order valence-corrected chi connectivity index (χ0v) is 11.2. The molecule has 0 saturated carbocycles. The second-order valence-electron chi connectivity index (χ2n) is 4.49. The van der Waals surface area contributed by atoms with Crippen molar-refractivity contribution >= 4 is 29.1 Å². The Bertz CT molecular complexity index is 474. The van der Waals surface area contributed by atoms with Crippen molar-refractivity contribution in [2.24, 2.45) is 0 Å². The second-order valence-corrected chi connectivity index (χ2v) is 4.85. The zero-order chi connectivity index (χ0) is 13.8. The van der Waals surface area contributed by atoms with E-state index in [0.717, 1.165) is 13.0 Å². The lowest BCUT2D eigenvalue weighted by molar-refractivity contribution is 0.0943.